The molecule has 0 N–H and O–H groups in total. The highest BCUT2D eigenvalue weighted by Gasteiger charge is 2.47. The van der Waals surface area contributed by atoms with Gasteiger partial charge in [-0.1, -0.05) is 37.6 Å². The molecule has 1 aliphatic carbocycles. The summed E-state index contributed by atoms with van der Waals surface area (Å²) < 4.78 is 12.3. The van der Waals surface area contributed by atoms with Crippen molar-refractivity contribution in [1.82, 2.24) is 14.9 Å². The molecule has 0 radical (unpaired) electrons. The van der Waals surface area contributed by atoms with Gasteiger partial charge in [0, 0.05) is 40.9 Å². The summed E-state index contributed by atoms with van der Waals surface area (Å²) in [5, 5.41) is 2.15. The largest absolute Gasteiger partial charge is 0.487 e. The number of hydrogen-bond acceptors (Lipinski definition) is 5. The van der Waals surface area contributed by atoms with Crippen LogP contribution in [-0.2, 0) is 4.74 Å². The van der Waals surface area contributed by atoms with Crippen molar-refractivity contribution in [2.45, 2.75) is 51.6 Å². The average molecular weight is 496 g/mol. The number of aromatic nitrogens is 2. The molecule has 0 spiro atoms. The first-order chi connectivity index (χ1) is 17.9. The summed E-state index contributed by atoms with van der Waals surface area (Å²) in [6, 6.07) is 14.1. The Morgan fingerprint density at radius 2 is 1.73 bits per heavy atom. The molecule has 3 heterocycles. The van der Waals surface area contributed by atoms with Gasteiger partial charge in [-0.05, 0) is 56.7 Å². The van der Waals surface area contributed by atoms with Gasteiger partial charge < -0.3 is 14.4 Å². The van der Waals surface area contributed by atoms with Gasteiger partial charge in [-0.3, -0.25) is 4.79 Å². The summed E-state index contributed by atoms with van der Waals surface area (Å²) in [6.45, 7) is 9.28. The highest BCUT2D eigenvalue weighted by atomic mass is 16.5. The maximum Gasteiger partial charge on any atom is 0.254 e. The molecule has 1 amide bonds. The van der Waals surface area contributed by atoms with Crippen LogP contribution in [0.2, 0.25) is 0 Å². The topological polar surface area (TPSA) is 64.6 Å². The Hall–Kier alpha value is -3.25. The van der Waals surface area contributed by atoms with E-state index in [1.165, 1.54) is 18.4 Å². The molecular formula is C31H33N3O3. The van der Waals surface area contributed by atoms with Crippen LogP contribution in [0.25, 0.3) is 32.8 Å². The van der Waals surface area contributed by atoms with Gasteiger partial charge in [-0.25, -0.2) is 9.97 Å². The summed E-state index contributed by atoms with van der Waals surface area (Å²) in [7, 11) is 0. The second-order valence-corrected chi connectivity index (χ2v) is 11.7. The van der Waals surface area contributed by atoms with Crippen molar-refractivity contribution in [2.75, 3.05) is 26.3 Å². The Labute approximate surface area is 217 Å². The Bertz CT molecular complexity index is 1560. The third-order valence-corrected chi connectivity index (χ3v) is 8.88. The molecule has 3 atom stereocenters. The van der Waals surface area contributed by atoms with E-state index in [4.69, 9.17) is 19.4 Å². The fraction of sp³-hybridized carbons (Fsp3) is 0.452. The van der Waals surface area contributed by atoms with E-state index >= 15 is 0 Å². The maximum atomic E-state index is 13.2. The van der Waals surface area contributed by atoms with E-state index in [2.05, 4.69) is 45.0 Å². The van der Waals surface area contributed by atoms with Crippen LogP contribution in [-0.4, -0.2) is 52.7 Å². The fourth-order valence-electron chi connectivity index (χ4n) is 6.98. The van der Waals surface area contributed by atoms with E-state index < -0.39 is 0 Å². The highest BCUT2D eigenvalue weighted by molar-refractivity contribution is 6.11. The minimum Gasteiger partial charge on any atom is -0.487 e. The van der Waals surface area contributed by atoms with Crippen molar-refractivity contribution in [2.24, 2.45) is 11.8 Å². The van der Waals surface area contributed by atoms with Crippen LogP contribution in [0.5, 0.6) is 5.75 Å². The Kier molecular flexibility index (Phi) is 5.19. The molecule has 37 heavy (non-hydrogen) atoms. The van der Waals surface area contributed by atoms with E-state index in [0.717, 1.165) is 45.0 Å². The molecule has 4 aromatic rings. The molecule has 2 aliphatic heterocycles. The molecule has 3 aromatic carbocycles. The number of rotatable bonds is 1. The lowest BCUT2D eigenvalue weighted by Gasteiger charge is -2.49. The summed E-state index contributed by atoms with van der Waals surface area (Å²) in [5.74, 6) is 2.52. The van der Waals surface area contributed by atoms with Crippen molar-refractivity contribution < 1.29 is 14.3 Å². The van der Waals surface area contributed by atoms with Crippen molar-refractivity contribution >= 4 is 38.7 Å². The van der Waals surface area contributed by atoms with Crippen LogP contribution >= 0.6 is 0 Å². The van der Waals surface area contributed by atoms with Gasteiger partial charge in [0.25, 0.3) is 5.91 Å². The van der Waals surface area contributed by atoms with Gasteiger partial charge in [0.15, 0.2) is 0 Å². The summed E-state index contributed by atoms with van der Waals surface area (Å²) in [6.07, 6.45) is 3.55. The minimum absolute atomic E-state index is 0.0251. The summed E-state index contributed by atoms with van der Waals surface area (Å²) in [4.78, 5) is 25.4. The second-order valence-electron chi connectivity index (χ2n) is 11.7. The van der Waals surface area contributed by atoms with Crippen LogP contribution in [0.15, 0.2) is 42.5 Å². The Morgan fingerprint density at radius 1 is 0.973 bits per heavy atom. The zero-order valence-corrected chi connectivity index (χ0v) is 21.8. The number of ether oxygens (including phenoxy) is 2. The molecule has 1 saturated heterocycles. The van der Waals surface area contributed by atoms with Gasteiger partial charge >= 0.3 is 0 Å². The third kappa shape index (κ3) is 3.60. The number of hydrogen-bond donors (Lipinski definition) is 0. The first kappa shape index (κ1) is 22.9. The lowest BCUT2D eigenvalue weighted by Crippen LogP contribution is -2.46. The Balaban J connectivity index is 1.46. The fourth-order valence-corrected chi connectivity index (χ4v) is 6.98. The monoisotopic (exact) mass is 495 g/mol. The maximum absolute atomic E-state index is 13.2. The van der Waals surface area contributed by atoms with Gasteiger partial charge in [0.1, 0.15) is 11.4 Å². The molecule has 0 bridgehead atoms. The number of benzene rings is 3. The van der Waals surface area contributed by atoms with E-state index in [9.17, 15) is 4.79 Å². The van der Waals surface area contributed by atoms with Gasteiger partial charge in [0.05, 0.1) is 35.3 Å². The van der Waals surface area contributed by atoms with Crippen molar-refractivity contribution in [3.05, 3.63) is 53.6 Å². The van der Waals surface area contributed by atoms with E-state index in [1.807, 2.05) is 23.1 Å². The summed E-state index contributed by atoms with van der Waals surface area (Å²) >= 11 is 0. The van der Waals surface area contributed by atoms with Crippen LogP contribution in [0.1, 0.15) is 61.9 Å². The number of morpholine rings is 1. The average Bonchev–Trinajstić information content (AvgIpc) is 2.91. The normalized spacial score (nSPS) is 25.1. The lowest BCUT2D eigenvalue weighted by molar-refractivity contribution is -0.0115. The van der Waals surface area contributed by atoms with Crippen LogP contribution in [0.3, 0.4) is 0 Å². The first-order valence-corrected chi connectivity index (χ1v) is 13.6. The first-order valence-electron chi connectivity index (χ1n) is 13.6. The van der Waals surface area contributed by atoms with Crippen molar-refractivity contribution in [1.29, 1.82) is 0 Å². The molecule has 7 rings (SSSR count). The van der Waals surface area contributed by atoms with E-state index in [0.29, 0.717) is 49.6 Å². The smallest absolute Gasteiger partial charge is 0.254 e. The standard InChI is InChI=1S/C31H33N3O3/c1-18-8-10-23-22(16-18)26-28-27(20-6-4-5-7-21(20)29(26)37-31(23,2)3)33-25-17-19(9-11-24(25)32-28)30(35)34-12-14-36-15-13-34/h4-7,9,11,17-18,22-23H,8,10,12-16H2,1-3H3/t18-,22+,23+/m1/s1. The number of carbonyl (C=O) groups excluding carboxylic acids is 1. The molecule has 1 saturated carbocycles. The molecule has 190 valence electrons. The molecule has 1 aromatic heterocycles. The molecule has 2 fully saturated rings. The zero-order valence-electron chi connectivity index (χ0n) is 21.8. The SMILES string of the molecule is C[C@@H]1CC[C@H]2[C@H](C1)c1c(c3ccccc3c3nc4cc(C(=O)N5CCOCC5)ccc4nc13)OC2(C)C. The van der Waals surface area contributed by atoms with Crippen LogP contribution < -0.4 is 4.74 Å². The lowest BCUT2D eigenvalue weighted by atomic mass is 9.64. The minimum atomic E-state index is -0.229. The number of nitrogens with zero attached hydrogens (tertiary/aromatic N) is 3. The number of carbonyl (C=O) groups is 1. The van der Waals surface area contributed by atoms with Crippen molar-refractivity contribution in [3.8, 4) is 5.75 Å². The van der Waals surface area contributed by atoms with Crippen LogP contribution in [0, 0.1) is 11.8 Å². The van der Waals surface area contributed by atoms with E-state index in [1.54, 1.807) is 0 Å². The predicted molar refractivity (Wildman–Crippen MR) is 145 cm³/mol. The molecule has 3 aliphatic rings. The molecule has 0 unspecified atom stereocenters. The predicted octanol–water partition coefficient (Wildman–Crippen LogP) is 6.10. The Morgan fingerprint density at radius 3 is 2.54 bits per heavy atom. The third-order valence-electron chi connectivity index (χ3n) is 8.88. The van der Waals surface area contributed by atoms with Crippen molar-refractivity contribution in [3.63, 3.8) is 0 Å². The molecular weight excluding hydrogens is 462 g/mol. The quantitative estimate of drug-likeness (QED) is 0.236. The molecule has 6 nitrogen and oxygen atoms in total. The number of amides is 1. The van der Waals surface area contributed by atoms with Gasteiger partial charge in [-0.2, -0.15) is 0 Å². The van der Waals surface area contributed by atoms with Crippen LogP contribution in [0.4, 0.5) is 0 Å². The molecule has 6 heteroatoms. The zero-order chi connectivity index (χ0) is 25.3. The summed E-state index contributed by atoms with van der Waals surface area (Å²) in [5.41, 5.74) is 5.07. The second kappa shape index (κ2) is 8.38. The van der Waals surface area contributed by atoms with Gasteiger partial charge in [-0.15, -0.1) is 0 Å². The van der Waals surface area contributed by atoms with E-state index in [-0.39, 0.29) is 11.5 Å². The highest BCUT2D eigenvalue weighted by Crippen LogP contribution is 2.56. The van der Waals surface area contributed by atoms with Gasteiger partial charge in [0.2, 0.25) is 0 Å². The number of fused-ring (bicyclic) bond motifs is 9.